The van der Waals surface area contributed by atoms with E-state index in [9.17, 15) is 22.8 Å². The maximum atomic E-state index is 13.0. The zero-order valence-electron chi connectivity index (χ0n) is 12.4. The van der Waals surface area contributed by atoms with Gasteiger partial charge in [0.2, 0.25) is 5.91 Å². The van der Waals surface area contributed by atoms with Gasteiger partial charge in [0, 0.05) is 18.9 Å². The van der Waals surface area contributed by atoms with Gasteiger partial charge in [-0.25, -0.2) is 0 Å². The van der Waals surface area contributed by atoms with Crippen LogP contribution in [0, 0.1) is 5.92 Å². The average molecular weight is 329 g/mol. The molecule has 4 nitrogen and oxygen atoms in total. The van der Waals surface area contributed by atoms with E-state index in [-0.39, 0.29) is 17.9 Å². The highest BCUT2D eigenvalue weighted by Crippen LogP contribution is 2.50. The number of hydrogen-bond donors (Lipinski definition) is 2. The van der Waals surface area contributed by atoms with Crippen LogP contribution in [-0.2, 0) is 15.8 Å². The fourth-order valence-corrected chi connectivity index (χ4v) is 2.65. The minimum Gasteiger partial charge on any atom is -0.481 e. The Labute approximate surface area is 131 Å². The molecular weight excluding hydrogens is 311 g/mol. The summed E-state index contributed by atoms with van der Waals surface area (Å²) in [6.45, 7) is 0.344. The molecule has 2 rings (SSSR count). The number of nitrogens with one attached hydrogen (secondary N) is 1. The number of carboxylic acids is 1. The maximum absolute atomic E-state index is 13.0. The third-order valence-electron chi connectivity index (χ3n) is 3.91. The molecule has 1 saturated carbocycles. The van der Waals surface area contributed by atoms with E-state index in [0.717, 1.165) is 6.07 Å². The summed E-state index contributed by atoms with van der Waals surface area (Å²) in [5.41, 5.74) is -0.507. The third-order valence-corrected chi connectivity index (χ3v) is 3.91. The number of carbonyl (C=O) groups is 2. The Hall–Kier alpha value is -2.05. The Bertz CT molecular complexity index is 586. The molecule has 7 heteroatoms. The number of benzene rings is 1. The van der Waals surface area contributed by atoms with Crippen LogP contribution in [0.5, 0.6) is 0 Å². The van der Waals surface area contributed by atoms with Crippen molar-refractivity contribution < 1.29 is 27.9 Å². The predicted octanol–water partition coefficient (Wildman–Crippen LogP) is 3.18. The molecule has 2 N–H and O–H groups in total. The second-order valence-electron chi connectivity index (χ2n) is 5.68. The molecule has 23 heavy (non-hydrogen) atoms. The van der Waals surface area contributed by atoms with Crippen LogP contribution in [0.4, 0.5) is 13.2 Å². The largest absolute Gasteiger partial charge is 0.481 e. The van der Waals surface area contributed by atoms with E-state index in [4.69, 9.17) is 5.11 Å². The quantitative estimate of drug-likeness (QED) is 0.755. The van der Waals surface area contributed by atoms with Crippen LogP contribution in [0.25, 0.3) is 0 Å². The smallest absolute Gasteiger partial charge is 0.416 e. The molecule has 1 aromatic rings. The minimum atomic E-state index is -4.42. The summed E-state index contributed by atoms with van der Waals surface area (Å²) in [6.07, 6.45) is -2.97. The normalized spacial score (nSPS) is 20.1. The molecule has 0 bridgehead atoms. The molecule has 0 spiro atoms. The van der Waals surface area contributed by atoms with E-state index >= 15 is 0 Å². The minimum absolute atomic E-state index is 0.0425. The fraction of sp³-hybridized carbons (Fsp3) is 0.500. The maximum Gasteiger partial charge on any atom is 0.416 e. The molecular formula is C16H18F3NO3. The lowest BCUT2D eigenvalue weighted by Crippen LogP contribution is -2.26. The lowest BCUT2D eigenvalue weighted by atomic mass is 10.0. The van der Waals surface area contributed by atoms with Crippen molar-refractivity contribution in [2.45, 2.75) is 37.8 Å². The van der Waals surface area contributed by atoms with Gasteiger partial charge in [-0.2, -0.15) is 13.2 Å². The van der Waals surface area contributed by atoms with Crippen LogP contribution in [0.3, 0.4) is 0 Å². The van der Waals surface area contributed by atoms with Gasteiger partial charge in [0.15, 0.2) is 0 Å². The van der Waals surface area contributed by atoms with Crippen LogP contribution in [0.15, 0.2) is 24.3 Å². The predicted molar refractivity (Wildman–Crippen MR) is 76.8 cm³/mol. The standard InChI is InChI=1S/C16H18F3NO3/c17-16(18,19)13-6-2-1-5-10(13)11-9-12(11)15(23)20-8-4-3-7-14(21)22/h1-2,5-6,11-12H,3-4,7-9H2,(H,20,23)(H,21,22). The number of halogens is 3. The number of carboxylic acid groups (broad SMARTS) is 1. The van der Waals surface area contributed by atoms with Gasteiger partial charge in [0.25, 0.3) is 0 Å². The molecule has 0 heterocycles. The zero-order valence-corrected chi connectivity index (χ0v) is 12.4. The Morgan fingerprint density at radius 1 is 1.22 bits per heavy atom. The number of amides is 1. The second-order valence-corrected chi connectivity index (χ2v) is 5.68. The van der Waals surface area contributed by atoms with Crippen LogP contribution in [0.2, 0.25) is 0 Å². The van der Waals surface area contributed by atoms with Crippen molar-refractivity contribution in [1.82, 2.24) is 5.32 Å². The van der Waals surface area contributed by atoms with Crippen LogP contribution in [0.1, 0.15) is 42.7 Å². The van der Waals surface area contributed by atoms with Gasteiger partial charge in [-0.15, -0.1) is 0 Å². The van der Waals surface area contributed by atoms with E-state index in [2.05, 4.69) is 5.32 Å². The molecule has 1 aliphatic carbocycles. The van der Waals surface area contributed by atoms with Gasteiger partial charge in [-0.05, 0) is 36.8 Å². The van der Waals surface area contributed by atoms with E-state index < -0.39 is 29.5 Å². The van der Waals surface area contributed by atoms with E-state index in [0.29, 0.717) is 25.8 Å². The molecule has 1 amide bonds. The van der Waals surface area contributed by atoms with Crippen LogP contribution in [-0.4, -0.2) is 23.5 Å². The molecule has 1 fully saturated rings. The van der Waals surface area contributed by atoms with E-state index in [1.807, 2.05) is 0 Å². The Morgan fingerprint density at radius 3 is 2.57 bits per heavy atom. The summed E-state index contributed by atoms with van der Waals surface area (Å²) in [5, 5.41) is 11.2. The monoisotopic (exact) mass is 329 g/mol. The van der Waals surface area contributed by atoms with Crippen molar-refractivity contribution in [3.8, 4) is 0 Å². The Balaban J connectivity index is 1.85. The number of rotatable bonds is 7. The number of hydrogen-bond acceptors (Lipinski definition) is 2. The van der Waals surface area contributed by atoms with Crippen molar-refractivity contribution >= 4 is 11.9 Å². The summed E-state index contributed by atoms with van der Waals surface area (Å²) >= 11 is 0. The van der Waals surface area contributed by atoms with E-state index in [1.54, 1.807) is 6.07 Å². The van der Waals surface area contributed by atoms with Crippen molar-refractivity contribution in [3.63, 3.8) is 0 Å². The molecule has 0 aliphatic heterocycles. The second kappa shape index (κ2) is 7.02. The van der Waals surface area contributed by atoms with Crippen LogP contribution >= 0.6 is 0 Å². The van der Waals surface area contributed by atoms with Gasteiger partial charge in [0.1, 0.15) is 0 Å². The Kier molecular flexibility index (Phi) is 5.28. The SMILES string of the molecule is O=C(O)CCCCNC(=O)C1CC1c1ccccc1C(F)(F)F. The van der Waals surface area contributed by atoms with Crippen LogP contribution < -0.4 is 5.32 Å². The van der Waals surface area contributed by atoms with Gasteiger partial charge in [0.05, 0.1) is 5.56 Å². The summed E-state index contributed by atoms with van der Waals surface area (Å²) < 4.78 is 38.9. The number of alkyl halides is 3. The molecule has 1 aliphatic rings. The molecule has 0 radical (unpaired) electrons. The topological polar surface area (TPSA) is 66.4 Å². The third kappa shape index (κ3) is 4.71. The van der Waals surface area contributed by atoms with Gasteiger partial charge < -0.3 is 10.4 Å². The van der Waals surface area contributed by atoms with Crippen molar-refractivity contribution in [3.05, 3.63) is 35.4 Å². The Morgan fingerprint density at radius 2 is 1.91 bits per heavy atom. The highest BCUT2D eigenvalue weighted by molar-refractivity contribution is 5.83. The summed E-state index contributed by atoms with van der Waals surface area (Å²) in [5.74, 6) is -1.98. The van der Waals surface area contributed by atoms with Crippen molar-refractivity contribution in [2.24, 2.45) is 5.92 Å². The highest BCUT2D eigenvalue weighted by Gasteiger charge is 2.47. The highest BCUT2D eigenvalue weighted by atomic mass is 19.4. The molecule has 2 unspecified atom stereocenters. The number of unbranched alkanes of at least 4 members (excludes halogenated alkanes) is 1. The van der Waals surface area contributed by atoms with Gasteiger partial charge >= 0.3 is 12.1 Å². The molecule has 1 aromatic carbocycles. The average Bonchev–Trinajstić information content (AvgIpc) is 3.26. The lowest BCUT2D eigenvalue weighted by Gasteiger charge is -2.12. The summed E-state index contributed by atoms with van der Waals surface area (Å²) in [7, 11) is 0. The summed E-state index contributed by atoms with van der Waals surface area (Å²) in [4.78, 5) is 22.3. The first kappa shape index (κ1) is 17.3. The molecule has 0 aromatic heterocycles. The number of aliphatic carboxylic acids is 1. The first-order chi connectivity index (χ1) is 10.8. The van der Waals surface area contributed by atoms with E-state index in [1.165, 1.54) is 12.1 Å². The fourth-order valence-electron chi connectivity index (χ4n) is 2.65. The lowest BCUT2D eigenvalue weighted by molar-refractivity contribution is -0.138. The molecule has 0 saturated heterocycles. The zero-order chi connectivity index (χ0) is 17.0. The van der Waals surface area contributed by atoms with Gasteiger partial charge in [-0.1, -0.05) is 18.2 Å². The number of carbonyl (C=O) groups excluding carboxylic acids is 1. The molecule has 2 atom stereocenters. The first-order valence-electron chi connectivity index (χ1n) is 7.46. The van der Waals surface area contributed by atoms with Gasteiger partial charge in [-0.3, -0.25) is 9.59 Å². The first-order valence-corrected chi connectivity index (χ1v) is 7.46. The van der Waals surface area contributed by atoms with Crippen molar-refractivity contribution in [1.29, 1.82) is 0 Å². The molecule has 126 valence electrons. The summed E-state index contributed by atoms with van der Waals surface area (Å²) in [6, 6.07) is 5.35. The van der Waals surface area contributed by atoms with Crippen molar-refractivity contribution in [2.75, 3.05) is 6.54 Å².